The van der Waals surface area contributed by atoms with E-state index >= 15 is 0 Å². The van der Waals surface area contributed by atoms with E-state index in [2.05, 4.69) is 13.8 Å². The first kappa shape index (κ1) is 13.9. The predicted molar refractivity (Wildman–Crippen MR) is 61.0 cm³/mol. The molecule has 86 valence electrons. The van der Waals surface area contributed by atoms with E-state index in [1.807, 2.05) is 0 Å². The standard InChI is InChI=1S/C10H23NO2S/c1-4-14(12,13)7-5-6-10(11)8-9(2)3/h9-10H,4-8,11H2,1-3H3. The third-order valence-corrected chi connectivity index (χ3v) is 4.03. The molecule has 1 atom stereocenters. The van der Waals surface area contributed by atoms with Crippen molar-refractivity contribution >= 4 is 9.84 Å². The summed E-state index contributed by atoms with van der Waals surface area (Å²) in [6.45, 7) is 5.94. The second-order valence-corrected chi connectivity index (χ2v) is 6.74. The van der Waals surface area contributed by atoms with Gasteiger partial charge in [-0.05, 0) is 25.2 Å². The first-order valence-electron chi connectivity index (χ1n) is 5.33. The van der Waals surface area contributed by atoms with Crippen LogP contribution in [0.25, 0.3) is 0 Å². The first-order chi connectivity index (χ1) is 6.37. The zero-order valence-electron chi connectivity index (χ0n) is 9.49. The Labute approximate surface area is 88.0 Å². The van der Waals surface area contributed by atoms with Crippen molar-refractivity contribution in [1.29, 1.82) is 0 Å². The van der Waals surface area contributed by atoms with Crippen LogP contribution in [-0.4, -0.2) is 26.0 Å². The van der Waals surface area contributed by atoms with Crippen molar-refractivity contribution in [3.8, 4) is 0 Å². The minimum atomic E-state index is -2.80. The summed E-state index contributed by atoms with van der Waals surface area (Å²) in [5.74, 6) is 1.12. The Kier molecular flexibility index (Phi) is 6.36. The van der Waals surface area contributed by atoms with Gasteiger partial charge in [-0.25, -0.2) is 8.42 Å². The van der Waals surface area contributed by atoms with Gasteiger partial charge in [-0.1, -0.05) is 20.8 Å². The van der Waals surface area contributed by atoms with Crippen LogP contribution in [0.4, 0.5) is 0 Å². The Morgan fingerprint density at radius 2 is 1.86 bits per heavy atom. The van der Waals surface area contributed by atoms with Gasteiger partial charge in [0.25, 0.3) is 0 Å². The SMILES string of the molecule is CCS(=O)(=O)CCCC(N)CC(C)C. The minimum absolute atomic E-state index is 0.155. The molecular weight excluding hydrogens is 198 g/mol. The van der Waals surface area contributed by atoms with Gasteiger partial charge in [-0.3, -0.25) is 0 Å². The maximum absolute atomic E-state index is 11.2. The van der Waals surface area contributed by atoms with Gasteiger partial charge in [-0.2, -0.15) is 0 Å². The van der Waals surface area contributed by atoms with Crippen molar-refractivity contribution in [3.05, 3.63) is 0 Å². The highest BCUT2D eigenvalue weighted by Crippen LogP contribution is 2.08. The lowest BCUT2D eigenvalue weighted by Crippen LogP contribution is -2.23. The molecule has 0 aromatic rings. The molecule has 0 aromatic carbocycles. The summed E-state index contributed by atoms with van der Waals surface area (Å²) < 4.78 is 22.3. The van der Waals surface area contributed by atoms with Gasteiger partial charge in [0.2, 0.25) is 0 Å². The maximum Gasteiger partial charge on any atom is 0.150 e. The summed E-state index contributed by atoms with van der Waals surface area (Å²) in [6, 6.07) is 0.155. The zero-order valence-corrected chi connectivity index (χ0v) is 10.3. The lowest BCUT2D eigenvalue weighted by atomic mass is 10.0. The van der Waals surface area contributed by atoms with Crippen molar-refractivity contribution in [1.82, 2.24) is 0 Å². The molecule has 0 radical (unpaired) electrons. The molecule has 4 heteroatoms. The molecule has 0 rings (SSSR count). The fourth-order valence-corrected chi connectivity index (χ4v) is 2.33. The highest BCUT2D eigenvalue weighted by molar-refractivity contribution is 7.91. The monoisotopic (exact) mass is 221 g/mol. The Bertz CT molecular complexity index is 235. The van der Waals surface area contributed by atoms with Crippen LogP contribution < -0.4 is 5.73 Å². The number of nitrogens with two attached hydrogens (primary N) is 1. The summed E-state index contributed by atoms with van der Waals surface area (Å²) in [6.07, 6.45) is 2.49. The van der Waals surface area contributed by atoms with Crippen LogP contribution in [0.15, 0.2) is 0 Å². The number of sulfone groups is 1. The predicted octanol–water partition coefficient (Wildman–Crippen LogP) is 1.57. The molecule has 0 saturated carbocycles. The molecule has 0 aliphatic heterocycles. The highest BCUT2D eigenvalue weighted by atomic mass is 32.2. The number of hydrogen-bond donors (Lipinski definition) is 1. The van der Waals surface area contributed by atoms with Crippen molar-refractivity contribution < 1.29 is 8.42 Å². The van der Waals surface area contributed by atoms with Crippen molar-refractivity contribution in [2.45, 2.75) is 46.1 Å². The summed E-state index contributed by atoms with van der Waals surface area (Å²) >= 11 is 0. The lowest BCUT2D eigenvalue weighted by molar-refractivity contribution is 0.469. The molecule has 14 heavy (non-hydrogen) atoms. The quantitative estimate of drug-likeness (QED) is 0.710. The second-order valence-electron chi connectivity index (χ2n) is 4.27. The molecule has 0 bridgehead atoms. The van der Waals surface area contributed by atoms with Gasteiger partial charge >= 0.3 is 0 Å². The van der Waals surface area contributed by atoms with E-state index in [0.717, 1.165) is 12.8 Å². The minimum Gasteiger partial charge on any atom is -0.328 e. The molecular formula is C10H23NO2S. The van der Waals surface area contributed by atoms with Gasteiger partial charge in [0.1, 0.15) is 9.84 Å². The third-order valence-electron chi connectivity index (χ3n) is 2.24. The smallest absolute Gasteiger partial charge is 0.150 e. The molecule has 0 fully saturated rings. The van der Waals surface area contributed by atoms with Gasteiger partial charge in [0.05, 0.1) is 5.75 Å². The molecule has 0 aliphatic carbocycles. The fourth-order valence-electron chi connectivity index (χ4n) is 1.43. The maximum atomic E-state index is 11.2. The van der Waals surface area contributed by atoms with E-state index in [1.165, 1.54) is 0 Å². The molecule has 0 heterocycles. The Morgan fingerprint density at radius 1 is 1.29 bits per heavy atom. The fraction of sp³-hybridized carbons (Fsp3) is 1.00. The van der Waals surface area contributed by atoms with Crippen LogP contribution >= 0.6 is 0 Å². The molecule has 0 saturated heterocycles. The average molecular weight is 221 g/mol. The van der Waals surface area contributed by atoms with Crippen LogP contribution in [0.1, 0.15) is 40.0 Å². The zero-order chi connectivity index (χ0) is 11.2. The van der Waals surface area contributed by atoms with Gasteiger partial charge in [-0.15, -0.1) is 0 Å². The molecule has 0 aromatic heterocycles. The molecule has 1 unspecified atom stereocenters. The van der Waals surface area contributed by atoms with Gasteiger partial charge < -0.3 is 5.73 Å². The molecule has 0 spiro atoms. The molecule has 2 N–H and O–H groups in total. The Morgan fingerprint density at radius 3 is 2.29 bits per heavy atom. The van der Waals surface area contributed by atoms with Gasteiger partial charge in [0, 0.05) is 11.8 Å². The average Bonchev–Trinajstić information content (AvgIpc) is 2.02. The first-order valence-corrected chi connectivity index (χ1v) is 7.15. The van der Waals surface area contributed by atoms with Crippen molar-refractivity contribution in [3.63, 3.8) is 0 Å². The van der Waals surface area contributed by atoms with Crippen LogP contribution in [0.3, 0.4) is 0 Å². The second kappa shape index (κ2) is 6.40. The van der Waals surface area contributed by atoms with E-state index < -0.39 is 9.84 Å². The van der Waals surface area contributed by atoms with E-state index in [0.29, 0.717) is 12.3 Å². The Balaban J connectivity index is 3.64. The van der Waals surface area contributed by atoms with Crippen molar-refractivity contribution in [2.75, 3.05) is 11.5 Å². The van der Waals surface area contributed by atoms with E-state index in [9.17, 15) is 8.42 Å². The van der Waals surface area contributed by atoms with Crippen molar-refractivity contribution in [2.24, 2.45) is 11.7 Å². The normalized spacial score (nSPS) is 14.6. The van der Waals surface area contributed by atoms with Crippen LogP contribution in [0, 0.1) is 5.92 Å². The molecule has 0 aliphatic rings. The van der Waals surface area contributed by atoms with Crippen LogP contribution in [0.5, 0.6) is 0 Å². The van der Waals surface area contributed by atoms with E-state index in [1.54, 1.807) is 6.92 Å². The molecule has 0 amide bonds. The van der Waals surface area contributed by atoms with E-state index in [4.69, 9.17) is 5.73 Å². The highest BCUT2D eigenvalue weighted by Gasteiger charge is 2.10. The third kappa shape index (κ3) is 7.33. The number of hydrogen-bond acceptors (Lipinski definition) is 3. The molecule has 3 nitrogen and oxygen atoms in total. The van der Waals surface area contributed by atoms with Gasteiger partial charge in [0.15, 0.2) is 0 Å². The van der Waals surface area contributed by atoms with E-state index in [-0.39, 0.29) is 17.5 Å². The summed E-state index contributed by atoms with van der Waals surface area (Å²) in [5.41, 5.74) is 5.85. The Hall–Kier alpha value is -0.0900. The topological polar surface area (TPSA) is 60.2 Å². The summed E-state index contributed by atoms with van der Waals surface area (Å²) in [4.78, 5) is 0. The summed E-state index contributed by atoms with van der Waals surface area (Å²) in [5, 5.41) is 0. The summed E-state index contributed by atoms with van der Waals surface area (Å²) in [7, 11) is -2.80. The largest absolute Gasteiger partial charge is 0.328 e. The number of rotatable bonds is 7. The van der Waals surface area contributed by atoms with Crippen LogP contribution in [-0.2, 0) is 9.84 Å². The lowest BCUT2D eigenvalue weighted by Gasteiger charge is -2.13. The van der Waals surface area contributed by atoms with Crippen LogP contribution in [0.2, 0.25) is 0 Å².